The van der Waals surface area contributed by atoms with Crippen molar-refractivity contribution in [2.75, 3.05) is 7.11 Å². The Kier molecular flexibility index (Phi) is 5.21. The van der Waals surface area contributed by atoms with E-state index in [0.717, 1.165) is 11.1 Å². The van der Waals surface area contributed by atoms with E-state index < -0.39 is 17.5 Å². The molecule has 3 N–H and O–H groups in total. The summed E-state index contributed by atoms with van der Waals surface area (Å²) in [5, 5.41) is 22.6. The zero-order chi connectivity index (χ0) is 19.4. The number of aryl methyl sites for hydroxylation is 1. The first kappa shape index (κ1) is 18.2. The predicted octanol–water partition coefficient (Wildman–Crippen LogP) is 2.80. The minimum absolute atomic E-state index is 0.146. The standard InChI is InChI=1S/C20H19N3O4/c1-12-7-9-13(10-8-12)18-22-16(17(24)20(26)23-18)19(25)21-11-14-5-3-4-6-15(14)27-2/h3-10,24H,11H2,1-2H3,(H,21,25)(H,22,23,26). The van der Waals surface area contributed by atoms with Gasteiger partial charge in [-0.3, -0.25) is 4.79 Å². The van der Waals surface area contributed by atoms with Crippen molar-refractivity contribution >= 4 is 5.91 Å². The third-order valence-corrected chi connectivity index (χ3v) is 4.02. The largest absolute Gasteiger partial charge is 0.501 e. The van der Waals surface area contributed by atoms with Gasteiger partial charge in [0.15, 0.2) is 11.5 Å². The topological polar surface area (TPSA) is 105 Å². The molecule has 3 rings (SSSR count). The molecule has 0 fully saturated rings. The van der Waals surface area contributed by atoms with Gasteiger partial charge in [-0.25, -0.2) is 4.98 Å². The van der Waals surface area contributed by atoms with E-state index in [-0.39, 0.29) is 18.1 Å². The van der Waals surface area contributed by atoms with E-state index in [1.165, 1.54) is 0 Å². The Morgan fingerprint density at radius 1 is 1.07 bits per heavy atom. The van der Waals surface area contributed by atoms with Gasteiger partial charge in [0.05, 0.1) is 7.11 Å². The molecular formula is C20H19N3O4. The summed E-state index contributed by atoms with van der Waals surface area (Å²) in [6.07, 6.45) is 0. The Morgan fingerprint density at radius 3 is 2.48 bits per heavy atom. The lowest BCUT2D eigenvalue weighted by atomic mass is 10.1. The van der Waals surface area contributed by atoms with Crippen molar-refractivity contribution < 1.29 is 19.7 Å². The molecule has 7 heteroatoms. The summed E-state index contributed by atoms with van der Waals surface area (Å²) in [5.41, 5.74) is 2.14. The molecule has 2 aromatic carbocycles. The molecule has 1 aromatic heterocycles. The molecule has 3 aromatic rings. The fourth-order valence-corrected chi connectivity index (χ4v) is 2.54. The lowest BCUT2D eigenvalue weighted by Gasteiger charge is -2.11. The summed E-state index contributed by atoms with van der Waals surface area (Å²) in [6, 6.07) is 14.5. The Morgan fingerprint density at radius 2 is 1.78 bits per heavy atom. The smallest absolute Gasteiger partial charge is 0.274 e. The van der Waals surface area contributed by atoms with Crippen molar-refractivity contribution in [1.29, 1.82) is 0 Å². The summed E-state index contributed by atoms with van der Waals surface area (Å²) in [4.78, 5) is 20.5. The molecule has 0 aliphatic heterocycles. The highest BCUT2D eigenvalue weighted by atomic mass is 16.5. The highest BCUT2D eigenvalue weighted by Crippen LogP contribution is 2.29. The van der Waals surface area contributed by atoms with E-state index in [0.29, 0.717) is 11.3 Å². The van der Waals surface area contributed by atoms with Crippen molar-refractivity contribution in [2.24, 2.45) is 0 Å². The summed E-state index contributed by atoms with van der Waals surface area (Å²) in [5.74, 6) is -1.17. The van der Waals surface area contributed by atoms with Crippen LogP contribution in [0.15, 0.2) is 48.5 Å². The van der Waals surface area contributed by atoms with Crippen molar-refractivity contribution in [2.45, 2.75) is 13.5 Å². The number of nitrogens with one attached hydrogen (secondary N) is 1. The average molecular weight is 365 g/mol. The van der Waals surface area contributed by atoms with Crippen LogP contribution in [0.4, 0.5) is 0 Å². The number of carbonyl (C=O) groups excluding carboxylic acids is 1. The zero-order valence-electron chi connectivity index (χ0n) is 14.9. The van der Waals surface area contributed by atoms with Gasteiger partial charge in [0.25, 0.3) is 11.8 Å². The maximum atomic E-state index is 12.5. The van der Waals surface area contributed by atoms with Gasteiger partial charge in [-0.15, -0.1) is 0 Å². The second-order valence-electron chi connectivity index (χ2n) is 5.93. The number of aromatic hydroxyl groups is 2. The molecule has 0 unspecified atom stereocenters. The SMILES string of the molecule is COc1ccccc1CNC(=O)c1nc(-c2ccc(C)cc2)nc(O)c1O. The minimum Gasteiger partial charge on any atom is -0.501 e. The van der Waals surface area contributed by atoms with E-state index in [4.69, 9.17) is 4.74 Å². The maximum absolute atomic E-state index is 12.5. The number of hydrogen-bond donors (Lipinski definition) is 3. The summed E-state index contributed by atoms with van der Waals surface area (Å²) >= 11 is 0. The zero-order valence-corrected chi connectivity index (χ0v) is 14.9. The van der Waals surface area contributed by atoms with Crippen molar-refractivity contribution in [1.82, 2.24) is 15.3 Å². The van der Waals surface area contributed by atoms with Crippen LogP contribution >= 0.6 is 0 Å². The normalized spacial score (nSPS) is 10.4. The van der Waals surface area contributed by atoms with E-state index in [2.05, 4.69) is 15.3 Å². The molecular weight excluding hydrogens is 346 g/mol. The quantitative estimate of drug-likeness (QED) is 0.642. The van der Waals surface area contributed by atoms with Gasteiger partial charge in [0.2, 0.25) is 5.75 Å². The Labute approximate surface area is 156 Å². The minimum atomic E-state index is -0.664. The number of nitrogens with zero attached hydrogens (tertiary/aromatic N) is 2. The predicted molar refractivity (Wildman–Crippen MR) is 99.7 cm³/mol. The third-order valence-electron chi connectivity index (χ3n) is 4.02. The number of methoxy groups -OCH3 is 1. The molecule has 0 spiro atoms. The first-order valence-corrected chi connectivity index (χ1v) is 8.26. The Hall–Kier alpha value is -3.61. The highest BCUT2D eigenvalue weighted by Gasteiger charge is 2.20. The molecule has 0 aliphatic carbocycles. The second-order valence-corrected chi connectivity index (χ2v) is 5.93. The fraction of sp³-hybridized carbons (Fsp3) is 0.150. The molecule has 0 atom stereocenters. The van der Waals surface area contributed by atoms with E-state index in [9.17, 15) is 15.0 Å². The number of carbonyl (C=O) groups is 1. The van der Waals surface area contributed by atoms with Crippen molar-refractivity contribution in [3.63, 3.8) is 0 Å². The van der Waals surface area contributed by atoms with Crippen LogP contribution in [-0.4, -0.2) is 33.2 Å². The van der Waals surface area contributed by atoms with Gasteiger partial charge in [-0.1, -0.05) is 48.0 Å². The lowest BCUT2D eigenvalue weighted by Crippen LogP contribution is -2.24. The fourth-order valence-electron chi connectivity index (χ4n) is 2.54. The molecule has 138 valence electrons. The lowest BCUT2D eigenvalue weighted by molar-refractivity contribution is 0.0941. The molecule has 0 aliphatic rings. The molecule has 0 saturated heterocycles. The van der Waals surface area contributed by atoms with Gasteiger partial charge < -0.3 is 20.3 Å². The van der Waals surface area contributed by atoms with Crippen LogP contribution in [0.1, 0.15) is 21.6 Å². The average Bonchev–Trinajstić information content (AvgIpc) is 2.69. The number of amides is 1. The molecule has 0 radical (unpaired) electrons. The summed E-state index contributed by atoms with van der Waals surface area (Å²) in [7, 11) is 1.54. The number of para-hydroxylation sites is 1. The van der Waals surface area contributed by atoms with Crippen LogP contribution in [0.5, 0.6) is 17.4 Å². The number of rotatable bonds is 5. The van der Waals surface area contributed by atoms with Gasteiger partial charge in [-0.2, -0.15) is 4.98 Å². The molecule has 1 amide bonds. The third kappa shape index (κ3) is 3.98. The van der Waals surface area contributed by atoms with Gasteiger partial charge in [0, 0.05) is 17.7 Å². The maximum Gasteiger partial charge on any atom is 0.274 e. The number of benzene rings is 2. The van der Waals surface area contributed by atoms with E-state index in [1.807, 2.05) is 37.3 Å². The van der Waals surface area contributed by atoms with Crippen molar-refractivity contribution in [3.05, 3.63) is 65.4 Å². The van der Waals surface area contributed by atoms with Crippen LogP contribution in [-0.2, 0) is 6.54 Å². The second kappa shape index (κ2) is 7.74. The van der Waals surface area contributed by atoms with Crippen LogP contribution in [0.3, 0.4) is 0 Å². The van der Waals surface area contributed by atoms with Gasteiger partial charge >= 0.3 is 0 Å². The molecule has 0 bridgehead atoms. The first-order valence-electron chi connectivity index (χ1n) is 8.26. The van der Waals surface area contributed by atoms with Crippen LogP contribution in [0.25, 0.3) is 11.4 Å². The number of ether oxygens (including phenoxy) is 1. The van der Waals surface area contributed by atoms with Gasteiger partial charge in [-0.05, 0) is 13.0 Å². The molecule has 1 heterocycles. The molecule has 7 nitrogen and oxygen atoms in total. The molecule has 0 saturated carbocycles. The van der Waals surface area contributed by atoms with Crippen LogP contribution in [0, 0.1) is 6.92 Å². The number of aromatic nitrogens is 2. The van der Waals surface area contributed by atoms with Crippen molar-refractivity contribution in [3.8, 4) is 28.8 Å². The first-order chi connectivity index (χ1) is 13.0. The summed E-state index contributed by atoms with van der Waals surface area (Å²) in [6.45, 7) is 2.11. The molecule has 27 heavy (non-hydrogen) atoms. The van der Waals surface area contributed by atoms with Crippen LogP contribution < -0.4 is 10.1 Å². The highest BCUT2D eigenvalue weighted by molar-refractivity contribution is 5.95. The van der Waals surface area contributed by atoms with Gasteiger partial charge in [0.1, 0.15) is 5.75 Å². The van der Waals surface area contributed by atoms with E-state index >= 15 is 0 Å². The monoisotopic (exact) mass is 365 g/mol. The van der Waals surface area contributed by atoms with E-state index in [1.54, 1.807) is 25.3 Å². The van der Waals surface area contributed by atoms with Crippen LogP contribution in [0.2, 0.25) is 0 Å². The Balaban J connectivity index is 1.86. The Bertz CT molecular complexity index is 971. The summed E-state index contributed by atoms with van der Waals surface area (Å²) < 4.78 is 5.25. The number of hydrogen-bond acceptors (Lipinski definition) is 6.